The first kappa shape index (κ1) is 13.3. The predicted molar refractivity (Wildman–Crippen MR) is 81.7 cm³/mol. The molecule has 0 aromatic heterocycles. The zero-order valence-electron chi connectivity index (χ0n) is 11.1. The molecule has 18 heavy (non-hydrogen) atoms. The Morgan fingerprint density at radius 3 is 2.67 bits per heavy atom. The number of hydrogen-bond acceptors (Lipinski definition) is 2. The van der Waals surface area contributed by atoms with E-state index in [0.717, 1.165) is 24.3 Å². The van der Waals surface area contributed by atoms with Gasteiger partial charge in [-0.25, -0.2) is 0 Å². The highest BCUT2D eigenvalue weighted by atomic mass is 32.2. The van der Waals surface area contributed by atoms with Gasteiger partial charge in [-0.1, -0.05) is 49.7 Å². The summed E-state index contributed by atoms with van der Waals surface area (Å²) in [6, 6.07) is 14.7. The van der Waals surface area contributed by atoms with E-state index < -0.39 is 0 Å². The molecule has 0 aliphatic rings. The molecule has 0 bridgehead atoms. The van der Waals surface area contributed by atoms with Crippen molar-refractivity contribution in [2.24, 2.45) is 0 Å². The maximum absolute atomic E-state index is 6.19. The fourth-order valence-electron chi connectivity index (χ4n) is 2.16. The number of ether oxygens (including phenoxy) is 1. The number of hydrogen-bond donors (Lipinski definition) is 0. The second kappa shape index (κ2) is 6.69. The smallest absolute Gasteiger partial charge is 0.127 e. The third-order valence-electron chi connectivity index (χ3n) is 3.01. The van der Waals surface area contributed by atoms with Crippen LogP contribution in [0.2, 0.25) is 0 Å². The van der Waals surface area contributed by atoms with Crippen LogP contribution >= 0.6 is 11.8 Å². The van der Waals surface area contributed by atoms with E-state index in [4.69, 9.17) is 4.74 Å². The summed E-state index contributed by atoms with van der Waals surface area (Å²) < 4.78 is 6.19. The van der Waals surface area contributed by atoms with Crippen LogP contribution in [0.15, 0.2) is 42.5 Å². The molecule has 0 radical (unpaired) electrons. The highest BCUT2D eigenvalue weighted by Gasteiger charge is 2.10. The van der Waals surface area contributed by atoms with Gasteiger partial charge in [0.15, 0.2) is 0 Å². The van der Waals surface area contributed by atoms with E-state index in [1.807, 2.05) is 11.8 Å². The van der Waals surface area contributed by atoms with Crippen molar-refractivity contribution < 1.29 is 4.74 Å². The lowest BCUT2D eigenvalue weighted by Gasteiger charge is -2.19. The molecule has 96 valence electrons. The van der Waals surface area contributed by atoms with Crippen LogP contribution < -0.4 is 4.74 Å². The van der Waals surface area contributed by atoms with Crippen LogP contribution in [-0.2, 0) is 0 Å². The normalized spacial score (nSPS) is 12.6. The molecular weight excluding hydrogens is 240 g/mol. The van der Waals surface area contributed by atoms with Gasteiger partial charge < -0.3 is 4.74 Å². The Balaban J connectivity index is 2.24. The maximum Gasteiger partial charge on any atom is 0.127 e. The van der Waals surface area contributed by atoms with Crippen molar-refractivity contribution in [3.8, 4) is 5.75 Å². The Kier molecular flexibility index (Phi) is 4.94. The third-order valence-corrected chi connectivity index (χ3v) is 3.71. The first-order valence-corrected chi connectivity index (χ1v) is 7.88. The molecule has 1 nitrogen and oxygen atoms in total. The van der Waals surface area contributed by atoms with Gasteiger partial charge in [0.05, 0.1) is 0 Å². The summed E-state index contributed by atoms with van der Waals surface area (Å²) in [5.41, 5.74) is 0. The first-order valence-electron chi connectivity index (χ1n) is 6.48. The standard InChI is InChI=1S/C16H20OS/c1-3-7-14(12-18-2)17-16-11-6-9-13-8-4-5-10-15(13)16/h4-6,8-11,14H,3,7,12H2,1-2H3/t14-/m0/s1. The van der Waals surface area contributed by atoms with Gasteiger partial charge in [0.25, 0.3) is 0 Å². The highest BCUT2D eigenvalue weighted by molar-refractivity contribution is 7.98. The zero-order chi connectivity index (χ0) is 12.8. The van der Waals surface area contributed by atoms with Crippen LogP contribution in [-0.4, -0.2) is 18.1 Å². The molecule has 0 heterocycles. The Morgan fingerprint density at radius 2 is 1.89 bits per heavy atom. The van der Waals surface area contributed by atoms with E-state index in [0.29, 0.717) is 6.10 Å². The molecule has 0 aliphatic carbocycles. The van der Waals surface area contributed by atoms with Gasteiger partial charge in [-0.05, 0) is 24.1 Å². The van der Waals surface area contributed by atoms with Crippen molar-refractivity contribution in [1.82, 2.24) is 0 Å². The average Bonchev–Trinajstić information content (AvgIpc) is 2.40. The van der Waals surface area contributed by atoms with Crippen LogP contribution in [0.4, 0.5) is 0 Å². The third kappa shape index (κ3) is 3.20. The summed E-state index contributed by atoms with van der Waals surface area (Å²) in [4.78, 5) is 0. The number of thioether (sulfide) groups is 1. The summed E-state index contributed by atoms with van der Waals surface area (Å²) in [6.45, 7) is 2.21. The monoisotopic (exact) mass is 260 g/mol. The Labute approximate surface area is 114 Å². The van der Waals surface area contributed by atoms with Crippen LogP contribution in [0.1, 0.15) is 19.8 Å². The molecule has 0 saturated heterocycles. The molecule has 0 spiro atoms. The Hall–Kier alpha value is -1.15. The average molecular weight is 260 g/mol. The summed E-state index contributed by atoms with van der Waals surface area (Å²) >= 11 is 1.85. The number of rotatable bonds is 6. The lowest BCUT2D eigenvalue weighted by Crippen LogP contribution is -2.19. The second-order valence-electron chi connectivity index (χ2n) is 4.46. The summed E-state index contributed by atoms with van der Waals surface area (Å²) in [6.07, 6.45) is 4.73. The van der Waals surface area contributed by atoms with Crippen LogP contribution in [0.5, 0.6) is 5.75 Å². The molecule has 0 N–H and O–H groups in total. The Morgan fingerprint density at radius 1 is 1.11 bits per heavy atom. The van der Waals surface area contributed by atoms with E-state index in [9.17, 15) is 0 Å². The van der Waals surface area contributed by atoms with Crippen LogP contribution in [0, 0.1) is 0 Å². The number of benzene rings is 2. The first-order chi connectivity index (χ1) is 8.85. The van der Waals surface area contributed by atoms with Gasteiger partial charge in [0.2, 0.25) is 0 Å². The second-order valence-corrected chi connectivity index (χ2v) is 5.37. The van der Waals surface area contributed by atoms with E-state index in [2.05, 4.69) is 55.6 Å². The van der Waals surface area contributed by atoms with E-state index in [1.165, 1.54) is 10.8 Å². The van der Waals surface area contributed by atoms with Crippen molar-refractivity contribution in [2.45, 2.75) is 25.9 Å². The van der Waals surface area contributed by atoms with Crippen molar-refractivity contribution >= 4 is 22.5 Å². The predicted octanol–water partition coefficient (Wildman–Crippen LogP) is 4.75. The molecule has 0 saturated carbocycles. The molecule has 1 atom stereocenters. The zero-order valence-corrected chi connectivity index (χ0v) is 11.9. The Bertz CT molecular complexity index is 484. The van der Waals surface area contributed by atoms with Crippen LogP contribution in [0.25, 0.3) is 10.8 Å². The minimum absolute atomic E-state index is 0.316. The fraction of sp³-hybridized carbons (Fsp3) is 0.375. The molecule has 0 amide bonds. The van der Waals surface area contributed by atoms with Gasteiger partial charge in [0.1, 0.15) is 11.9 Å². The van der Waals surface area contributed by atoms with E-state index in [1.54, 1.807) is 0 Å². The molecule has 0 fully saturated rings. The lowest BCUT2D eigenvalue weighted by atomic mass is 10.1. The van der Waals surface area contributed by atoms with Gasteiger partial charge in [0, 0.05) is 11.1 Å². The minimum Gasteiger partial charge on any atom is -0.489 e. The number of fused-ring (bicyclic) bond motifs is 1. The molecule has 0 unspecified atom stereocenters. The molecule has 0 aliphatic heterocycles. The summed E-state index contributed by atoms with van der Waals surface area (Å²) in [5, 5.41) is 2.46. The molecular formula is C16H20OS. The maximum atomic E-state index is 6.19. The van der Waals surface area contributed by atoms with Gasteiger partial charge in [-0.15, -0.1) is 0 Å². The van der Waals surface area contributed by atoms with Gasteiger partial charge in [-0.3, -0.25) is 0 Å². The topological polar surface area (TPSA) is 9.23 Å². The molecule has 2 aromatic rings. The summed E-state index contributed by atoms with van der Waals surface area (Å²) in [5.74, 6) is 2.07. The van der Waals surface area contributed by atoms with Gasteiger partial charge in [-0.2, -0.15) is 11.8 Å². The lowest BCUT2D eigenvalue weighted by molar-refractivity contribution is 0.217. The van der Waals surface area contributed by atoms with E-state index in [-0.39, 0.29) is 0 Å². The van der Waals surface area contributed by atoms with Gasteiger partial charge >= 0.3 is 0 Å². The molecule has 2 rings (SSSR count). The van der Waals surface area contributed by atoms with E-state index >= 15 is 0 Å². The minimum atomic E-state index is 0.316. The van der Waals surface area contributed by atoms with Crippen molar-refractivity contribution in [1.29, 1.82) is 0 Å². The SMILES string of the molecule is CCC[C@@H](CSC)Oc1cccc2ccccc12. The van der Waals surface area contributed by atoms with Crippen molar-refractivity contribution in [3.05, 3.63) is 42.5 Å². The fourth-order valence-corrected chi connectivity index (χ4v) is 2.77. The quantitative estimate of drug-likeness (QED) is 0.741. The van der Waals surface area contributed by atoms with Crippen LogP contribution in [0.3, 0.4) is 0 Å². The highest BCUT2D eigenvalue weighted by Crippen LogP contribution is 2.27. The molecule has 2 heteroatoms. The largest absolute Gasteiger partial charge is 0.489 e. The van der Waals surface area contributed by atoms with Crippen molar-refractivity contribution in [3.63, 3.8) is 0 Å². The summed E-state index contributed by atoms with van der Waals surface area (Å²) in [7, 11) is 0. The molecule has 2 aromatic carbocycles. The van der Waals surface area contributed by atoms with Crippen molar-refractivity contribution in [2.75, 3.05) is 12.0 Å².